The highest BCUT2D eigenvalue weighted by molar-refractivity contribution is 5.17. The van der Waals surface area contributed by atoms with Crippen LogP contribution in [0.1, 0.15) is 106 Å². The number of aliphatic hydroxyl groups is 2. The van der Waals surface area contributed by atoms with Gasteiger partial charge in [0.1, 0.15) is 0 Å². The fourth-order valence-corrected chi connectivity index (χ4v) is 9.67. The van der Waals surface area contributed by atoms with Crippen molar-refractivity contribution in [2.24, 2.45) is 52.3 Å². The molecule has 0 amide bonds. The van der Waals surface area contributed by atoms with E-state index in [9.17, 15) is 10.2 Å². The van der Waals surface area contributed by atoms with Crippen molar-refractivity contribution in [2.75, 3.05) is 0 Å². The fourth-order valence-electron chi connectivity index (χ4n) is 9.67. The zero-order chi connectivity index (χ0) is 22.8. The Morgan fingerprint density at radius 3 is 2.26 bits per heavy atom. The Kier molecular flexibility index (Phi) is 6.26. The van der Waals surface area contributed by atoms with E-state index >= 15 is 0 Å². The summed E-state index contributed by atoms with van der Waals surface area (Å²) in [7, 11) is 0. The second-order valence-electron chi connectivity index (χ2n) is 13.3. The molecule has 4 fully saturated rings. The molecule has 0 spiro atoms. The van der Waals surface area contributed by atoms with Crippen LogP contribution < -0.4 is 0 Å². The van der Waals surface area contributed by atoms with E-state index in [1.54, 1.807) is 0 Å². The summed E-state index contributed by atoms with van der Waals surface area (Å²) in [6.45, 7) is 18.6. The maximum absolute atomic E-state index is 12.4. The minimum Gasteiger partial charge on any atom is -0.393 e. The van der Waals surface area contributed by atoms with Gasteiger partial charge >= 0.3 is 0 Å². The van der Waals surface area contributed by atoms with Crippen LogP contribution in [0, 0.1) is 52.3 Å². The maximum atomic E-state index is 12.4. The van der Waals surface area contributed by atoms with Crippen molar-refractivity contribution in [2.45, 2.75) is 117 Å². The molecule has 0 bridgehead atoms. The molecular weight excluding hydrogens is 380 g/mol. The Morgan fingerprint density at radius 2 is 1.58 bits per heavy atom. The molecule has 2 nitrogen and oxygen atoms in total. The van der Waals surface area contributed by atoms with Crippen molar-refractivity contribution in [3.63, 3.8) is 0 Å². The lowest BCUT2D eigenvalue weighted by Crippen LogP contribution is -2.65. The van der Waals surface area contributed by atoms with Gasteiger partial charge in [-0.2, -0.15) is 0 Å². The molecule has 4 rings (SSSR count). The lowest BCUT2D eigenvalue weighted by Gasteiger charge is -2.65. The molecule has 2 heteroatoms. The third-order valence-electron chi connectivity index (χ3n) is 11.7. The lowest BCUT2D eigenvalue weighted by atomic mass is 9.41. The molecule has 31 heavy (non-hydrogen) atoms. The predicted octanol–water partition coefficient (Wildman–Crippen LogP) is 7.00. The number of fused-ring (bicyclic) bond motifs is 5. The van der Waals surface area contributed by atoms with Crippen molar-refractivity contribution in [3.05, 3.63) is 12.2 Å². The largest absolute Gasteiger partial charge is 0.393 e. The summed E-state index contributed by atoms with van der Waals surface area (Å²) in [6.07, 6.45) is 11.3. The summed E-state index contributed by atoms with van der Waals surface area (Å²) >= 11 is 0. The van der Waals surface area contributed by atoms with Crippen molar-refractivity contribution in [3.8, 4) is 0 Å². The molecule has 0 aromatic heterocycles. The average Bonchev–Trinajstić information content (AvgIpc) is 3.07. The van der Waals surface area contributed by atoms with E-state index in [0.717, 1.165) is 38.0 Å². The first kappa shape index (κ1) is 23.8. The van der Waals surface area contributed by atoms with E-state index in [0.29, 0.717) is 35.5 Å². The quantitative estimate of drug-likeness (QED) is 0.461. The van der Waals surface area contributed by atoms with Crippen LogP contribution in [0.2, 0.25) is 0 Å². The maximum Gasteiger partial charge on any atom is 0.0714 e. The molecule has 0 aromatic carbocycles. The monoisotopic (exact) mass is 430 g/mol. The molecule has 2 N–H and O–H groups in total. The zero-order valence-electron chi connectivity index (χ0n) is 21.3. The summed E-state index contributed by atoms with van der Waals surface area (Å²) in [4.78, 5) is 0. The van der Waals surface area contributed by atoms with Crippen LogP contribution in [0.4, 0.5) is 0 Å². The van der Waals surface area contributed by atoms with E-state index in [1.807, 2.05) is 0 Å². The van der Waals surface area contributed by atoms with Crippen LogP contribution in [0.5, 0.6) is 0 Å². The smallest absolute Gasteiger partial charge is 0.0714 e. The fraction of sp³-hybridized carbons (Fsp3) is 0.931. The summed E-state index contributed by atoms with van der Waals surface area (Å²) in [5.74, 6) is 3.86. The van der Waals surface area contributed by atoms with Gasteiger partial charge in [0.05, 0.1) is 11.7 Å². The van der Waals surface area contributed by atoms with Crippen molar-refractivity contribution < 1.29 is 10.2 Å². The molecule has 0 saturated heterocycles. The molecule has 0 heterocycles. The van der Waals surface area contributed by atoms with Crippen molar-refractivity contribution >= 4 is 0 Å². The second kappa shape index (κ2) is 8.15. The summed E-state index contributed by atoms with van der Waals surface area (Å²) in [5.41, 5.74) is 1.39. The van der Waals surface area contributed by atoms with Crippen LogP contribution in [0.3, 0.4) is 0 Å². The molecule has 178 valence electrons. The zero-order valence-corrected chi connectivity index (χ0v) is 21.3. The first-order valence-electron chi connectivity index (χ1n) is 13.5. The highest BCUT2D eigenvalue weighted by atomic mass is 16.3. The molecule has 10 atom stereocenters. The van der Waals surface area contributed by atoms with Gasteiger partial charge < -0.3 is 10.2 Å². The Labute approximate surface area is 192 Å². The Hall–Kier alpha value is -0.340. The van der Waals surface area contributed by atoms with Crippen LogP contribution in [-0.4, -0.2) is 21.9 Å². The van der Waals surface area contributed by atoms with Gasteiger partial charge in [-0.3, -0.25) is 0 Å². The van der Waals surface area contributed by atoms with Crippen molar-refractivity contribution in [1.29, 1.82) is 0 Å². The first-order valence-corrected chi connectivity index (χ1v) is 13.5. The third kappa shape index (κ3) is 3.58. The molecule has 0 aliphatic heterocycles. The van der Waals surface area contributed by atoms with E-state index in [2.05, 4.69) is 48.1 Å². The summed E-state index contributed by atoms with van der Waals surface area (Å²) in [5, 5.41) is 22.9. The lowest BCUT2D eigenvalue weighted by molar-refractivity contribution is -0.235. The van der Waals surface area contributed by atoms with Crippen molar-refractivity contribution in [1.82, 2.24) is 0 Å². The van der Waals surface area contributed by atoms with E-state index in [4.69, 9.17) is 0 Å². The van der Waals surface area contributed by atoms with E-state index in [1.165, 1.54) is 37.7 Å². The van der Waals surface area contributed by atoms with Gasteiger partial charge in [-0.25, -0.2) is 0 Å². The number of hydrogen-bond acceptors (Lipinski definition) is 2. The standard InChI is InChI=1S/C29H50O2/c1-18(2)19(3)8-9-20(4)22-10-11-25-27(22,6)16-14-26-28(7)15-13-24(30)21(5)23(28)12-17-29(25,26)31/h18,20-26,30-31H,3,8-17H2,1-2,4-7H3/t20-,21+,22-,23?,24+,25?,26?,27-,28+,29-/m1/s1. The molecular formula is C29H50O2. The minimum atomic E-state index is -0.490. The summed E-state index contributed by atoms with van der Waals surface area (Å²) < 4.78 is 0. The third-order valence-corrected chi connectivity index (χ3v) is 11.7. The summed E-state index contributed by atoms with van der Waals surface area (Å²) in [6, 6.07) is 0. The molecule has 4 aliphatic carbocycles. The number of rotatable bonds is 5. The van der Waals surface area contributed by atoms with Crippen LogP contribution >= 0.6 is 0 Å². The predicted molar refractivity (Wildman–Crippen MR) is 130 cm³/mol. The van der Waals surface area contributed by atoms with Crippen LogP contribution in [0.25, 0.3) is 0 Å². The molecule has 3 unspecified atom stereocenters. The Morgan fingerprint density at radius 1 is 0.935 bits per heavy atom. The Balaban J connectivity index is 1.54. The topological polar surface area (TPSA) is 40.5 Å². The van der Waals surface area contributed by atoms with E-state index < -0.39 is 5.60 Å². The van der Waals surface area contributed by atoms with Crippen LogP contribution in [0.15, 0.2) is 12.2 Å². The number of hydrogen-bond donors (Lipinski definition) is 2. The highest BCUT2D eigenvalue weighted by Crippen LogP contribution is 2.70. The average molecular weight is 431 g/mol. The number of allylic oxidation sites excluding steroid dienone is 1. The van der Waals surface area contributed by atoms with Gasteiger partial charge in [-0.05, 0) is 116 Å². The van der Waals surface area contributed by atoms with Gasteiger partial charge in [0.2, 0.25) is 0 Å². The molecule has 0 radical (unpaired) electrons. The van der Waals surface area contributed by atoms with Crippen LogP contribution in [-0.2, 0) is 0 Å². The van der Waals surface area contributed by atoms with Gasteiger partial charge in [0.15, 0.2) is 0 Å². The van der Waals surface area contributed by atoms with E-state index in [-0.39, 0.29) is 16.9 Å². The molecule has 4 saturated carbocycles. The first-order chi connectivity index (χ1) is 14.4. The van der Waals surface area contributed by atoms with Gasteiger partial charge in [0.25, 0.3) is 0 Å². The molecule has 4 aliphatic rings. The highest BCUT2D eigenvalue weighted by Gasteiger charge is 2.67. The normalized spacial score (nSPS) is 50.5. The van der Waals surface area contributed by atoms with Gasteiger partial charge in [0, 0.05) is 0 Å². The Bertz CT molecular complexity index is 684. The molecule has 0 aromatic rings. The van der Waals surface area contributed by atoms with Gasteiger partial charge in [-0.15, -0.1) is 0 Å². The van der Waals surface area contributed by atoms with Gasteiger partial charge in [-0.1, -0.05) is 53.7 Å². The number of aliphatic hydroxyl groups excluding tert-OH is 1. The second-order valence-corrected chi connectivity index (χ2v) is 13.3. The SMILES string of the molecule is C=C(CC[C@@H](C)[C@H]1CCC2[C@]3(O)CCC4[C@H](C)[C@@H](O)CC[C@]4(C)C3CC[C@@]21C)C(C)C. The minimum absolute atomic E-state index is 0.143.